The molecule has 172 valence electrons. The van der Waals surface area contributed by atoms with Gasteiger partial charge in [-0.05, 0) is 68.4 Å². The van der Waals surface area contributed by atoms with E-state index in [0.29, 0.717) is 53.8 Å². The average molecular weight is 487 g/mol. The van der Waals surface area contributed by atoms with Crippen molar-refractivity contribution in [2.45, 2.75) is 23.0 Å². The average Bonchev–Trinajstić information content (AvgIpc) is 2.83. The first-order chi connectivity index (χ1) is 15.8. The van der Waals surface area contributed by atoms with E-state index in [-0.39, 0.29) is 15.8 Å². The number of hydrogen-bond acceptors (Lipinski definition) is 8. The second kappa shape index (κ2) is 9.74. The third-order valence-electron chi connectivity index (χ3n) is 5.31. The van der Waals surface area contributed by atoms with E-state index in [0.717, 1.165) is 0 Å². The Kier molecular flexibility index (Phi) is 6.77. The van der Waals surface area contributed by atoms with Crippen molar-refractivity contribution >= 4 is 50.4 Å². The molecule has 1 aromatic heterocycles. The predicted molar refractivity (Wildman–Crippen MR) is 129 cm³/mol. The van der Waals surface area contributed by atoms with Crippen molar-refractivity contribution in [2.75, 3.05) is 29.5 Å². The summed E-state index contributed by atoms with van der Waals surface area (Å²) in [6, 6.07) is 11.2. The molecule has 0 radical (unpaired) electrons. The molecule has 4 rings (SSSR count). The number of carbonyl (C=O) groups excluding carboxylic acids is 1. The third-order valence-corrected chi connectivity index (χ3v) is 7.92. The highest BCUT2D eigenvalue weighted by Crippen LogP contribution is 2.25. The van der Waals surface area contributed by atoms with Gasteiger partial charge in [-0.1, -0.05) is 11.6 Å². The van der Waals surface area contributed by atoms with E-state index in [4.69, 9.17) is 17.3 Å². The Bertz CT molecular complexity index is 1240. The molecule has 11 heteroatoms. The topological polar surface area (TPSA) is 139 Å². The molecule has 1 aliphatic heterocycles. The number of sulfone groups is 1. The van der Waals surface area contributed by atoms with Gasteiger partial charge in [0.25, 0.3) is 5.91 Å². The smallest absolute Gasteiger partial charge is 0.257 e. The van der Waals surface area contributed by atoms with E-state index in [1.807, 2.05) is 0 Å². The SMILES string of the molecule is Nc1ccc(Cl)c(C(=O)Nc2cnc(Nc3ccc(S(=O)(=O)C4CCNCC4)cc3)nc2)c1. The number of halogens is 1. The summed E-state index contributed by atoms with van der Waals surface area (Å²) in [4.78, 5) is 21.1. The summed E-state index contributed by atoms with van der Waals surface area (Å²) in [5.74, 6) is -0.133. The standard InChI is InChI=1S/C22H23ClN6O3S/c23-20-6-1-14(24)11-19(20)21(30)28-16-12-26-22(27-13-16)29-15-2-4-17(5-3-15)33(31,32)18-7-9-25-10-8-18/h1-6,11-13,18,25H,7-10,24H2,(H,28,30)(H,26,27,29). The number of nitrogens with zero attached hydrogens (tertiary/aromatic N) is 2. The highest BCUT2D eigenvalue weighted by molar-refractivity contribution is 7.92. The molecule has 0 bridgehead atoms. The number of amides is 1. The van der Waals surface area contributed by atoms with Gasteiger partial charge in [0, 0.05) is 11.4 Å². The molecule has 0 unspecified atom stereocenters. The van der Waals surface area contributed by atoms with Gasteiger partial charge in [-0.25, -0.2) is 18.4 Å². The largest absolute Gasteiger partial charge is 0.399 e. The van der Waals surface area contributed by atoms with Crippen molar-refractivity contribution in [3.05, 3.63) is 65.4 Å². The highest BCUT2D eigenvalue weighted by Gasteiger charge is 2.28. The first kappa shape index (κ1) is 23.0. The van der Waals surface area contributed by atoms with E-state index in [2.05, 4.69) is 25.9 Å². The van der Waals surface area contributed by atoms with Crippen molar-refractivity contribution in [2.24, 2.45) is 0 Å². The molecule has 1 fully saturated rings. The summed E-state index contributed by atoms with van der Waals surface area (Å²) in [6.07, 6.45) is 4.12. The third kappa shape index (κ3) is 5.41. The number of carbonyl (C=O) groups is 1. The molecule has 33 heavy (non-hydrogen) atoms. The van der Waals surface area contributed by atoms with Crippen LogP contribution in [-0.4, -0.2) is 42.6 Å². The Morgan fingerprint density at radius 1 is 1.03 bits per heavy atom. The number of hydrogen-bond donors (Lipinski definition) is 4. The Hall–Kier alpha value is -3.21. The van der Waals surface area contributed by atoms with Crippen LogP contribution in [-0.2, 0) is 9.84 Å². The second-order valence-corrected chi connectivity index (χ2v) is 10.3. The fourth-order valence-corrected chi connectivity index (χ4v) is 5.49. The number of anilines is 4. The van der Waals surface area contributed by atoms with Crippen LogP contribution in [0.25, 0.3) is 0 Å². The van der Waals surface area contributed by atoms with Crippen LogP contribution < -0.4 is 21.7 Å². The number of nitrogens with one attached hydrogen (secondary N) is 3. The van der Waals surface area contributed by atoms with Gasteiger partial charge in [0.05, 0.1) is 38.8 Å². The second-order valence-electron chi connectivity index (χ2n) is 7.63. The molecule has 1 aliphatic rings. The first-order valence-corrected chi connectivity index (χ1v) is 12.3. The molecule has 3 aromatic rings. The molecular formula is C22H23ClN6O3S. The van der Waals surface area contributed by atoms with E-state index in [1.54, 1.807) is 36.4 Å². The Morgan fingerprint density at radius 3 is 2.36 bits per heavy atom. The van der Waals surface area contributed by atoms with Crippen molar-refractivity contribution in [1.82, 2.24) is 15.3 Å². The molecule has 5 N–H and O–H groups in total. The quantitative estimate of drug-likeness (QED) is 0.389. The molecule has 2 heterocycles. The molecular weight excluding hydrogens is 464 g/mol. The van der Waals surface area contributed by atoms with Crippen LogP contribution in [0.3, 0.4) is 0 Å². The maximum absolute atomic E-state index is 12.8. The summed E-state index contributed by atoms with van der Waals surface area (Å²) in [6.45, 7) is 1.42. The molecule has 0 spiro atoms. The normalized spacial score (nSPS) is 14.6. The van der Waals surface area contributed by atoms with Crippen LogP contribution in [0, 0.1) is 0 Å². The lowest BCUT2D eigenvalue weighted by atomic mass is 10.2. The molecule has 1 amide bonds. The molecule has 9 nitrogen and oxygen atoms in total. The summed E-state index contributed by atoms with van der Waals surface area (Å²) >= 11 is 6.06. The number of nitrogen functional groups attached to an aromatic ring is 1. The lowest BCUT2D eigenvalue weighted by Crippen LogP contribution is -2.35. The van der Waals surface area contributed by atoms with Crippen LogP contribution >= 0.6 is 11.6 Å². The van der Waals surface area contributed by atoms with Crippen LogP contribution in [0.2, 0.25) is 5.02 Å². The first-order valence-electron chi connectivity index (χ1n) is 10.3. The highest BCUT2D eigenvalue weighted by atomic mass is 35.5. The lowest BCUT2D eigenvalue weighted by molar-refractivity contribution is 0.102. The van der Waals surface area contributed by atoms with Gasteiger partial charge in [-0.15, -0.1) is 0 Å². The van der Waals surface area contributed by atoms with Crippen LogP contribution in [0.4, 0.5) is 23.0 Å². The number of aromatic nitrogens is 2. The van der Waals surface area contributed by atoms with Gasteiger partial charge in [-0.3, -0.25) is 4.79 Å². The Balaban J connectivity index is 1.40. The van der Waals surface area contributed by atoms with E-state index < -0.39 is 15.7 Å². The van der Waals surface area contributed by atoms with Crippen molar-refractivity contribution < 1.29 is 13.2 Å². The van der Waals surface area contributed by atoms with E-state index in [1.165, 1.54) is 18.5 Å². The van der Waals surface area contributed by atoms with Gasteiger partial charge in [0.1, 0.15) is 0 Å². The zero-order chi connectivity index (χ0) is 23.4. The molecule has 1 saturated heterocycles. The van der Waals surface area contributed by atoms with Gasteiger partial charge in [-0.2, -0.15) is 0 Å². The van der Waals surface area contributed by atoms with Crippen LogP contribution in [0.15, 0.2) is 59.8 Å². The van der Waals surface area contributed by atoms with Gasteiger partial charge in [0.2, 0.25) is 5.95 Å². The monoisotopic (exact) mass is 486 g/mol. The Morgan fingerprint density at radius 2 is 1.70 bits per heavy atom. The minimum Gasteiger partial charge on any atom is -0.399 e. The number of rotatable bonds is 6. The van der Waals surface area contributed by atoms with Crippen molar-refractivity contribution in [3.8, 4) is 0 Å². The number of nitrogens with two attached hydrogens (primary N) is 1. The summed E-state index contributed by atoms with van der Waals surface area (Å²) in [7, 11) is -3.35. The molecule has 0 atom stereocenters. The summed E-state index contributed by atoms with van der Waals surface area (Å²) in [5.41, 5.74) is 7.41. The number of piperidine rings is 1. The van der Waals surface area contributed by atoms with Gasteiger partial charge < -0.3 is 21.7 Å². The maximum atomic E-state index is 12.8. The van der Waals surface area contributed by atoms with Gasteiger partial charge >= 0.3 is 0 Å². The minimum atomic E-state index is -3.35. The minimum absolute atomic E-state index is 0.249. The zero-order valence-corrected chi connectivity index (χ0v) is 19.2. The molecule has 2 aromatic carbocycles. The van der Waals surface area contributed by atoms with Crippen LogP contribution in [0.5, 0.6) is 0 Å². The molecule has 0 saturated carbocycles. The Labute approximate surface area is 196 Å². The van der Waals surface area contributed by atoms with Crippen LogP contribution in [0.1, 0.15) is 23.2 Å². The van der Waals surface area contributed by atoms with E-state index in [9.17, 15) is 13.2 Å². The summed E-state index contributed by atoms with van der Waals surface area (Å²) < 4.78 is 25.6. The van der Waals surface area contributed by atoms with Crippen molar-refractivity contribution in [1.29, 1.82) is 0 Å². The summed E-state index contributed by atoms with van der Waals surface area (Å²) in [5, 5.41) is 8.79. The fraction of sp³-hybridized carbons (Fsp3) is 0.227. The molecule has 0 aliphatic carbocycles. The predicted octanol–water partition coefficient (Wildman–Crippen LogP) is 3.23. The lowest BCUT2D eigenvalue weighted by Gasteiger charge is -2.22. The van der Waals surface area contributed by atoms with Gasteiger partial charge in [0.15, 0.2) is 9.84 Å². The van der Waals surface area contributed by atoms with E-state index >= 15 is 0 Å². The maximum Gasteiger partial charge on any atom is 0.257 e. The number of benzene rings is 2. The zero-order valence-electron chi connectivity index (χ0n) is 17.6. The fourth-order valence-electron chi connectivity index (χ4n) is 3.53. The van der Waals surface area contributed by atoms with Crippen molar-refractivity contribution in [3.63, 3.8) is 0 Å².